The van der Waals surface area contributed by atoms with Crippen LogP contribution in [0.5, 0.6) is 0 Å². The summed E-state index contributed by atoms with van der Waals surface area (Å²) in [6, 6.07) is 1.65. The lowest BCUT2D eigenvalue weighted by molar-refractivity contribution is 0.0376. The Kier molecular flexibility index (Phi) is 4.41. The summed E-state index contributed by atoms with van der Waals surface area (Å²) < 4.78 is 0. The van der Waals surface area contributed by atoms with Crippen LogP contribution in [0.25, 0.3) is 0 Å². The summed E-state index contributed by atoms with van der Waals surface area (Å²) in [7, 11) is 0. The van der Waals surface area contributed by atoms with E-state index in [2.05, 4.69) is 0 Å². The molecule has 0 fully saturated rings. The molecule has 5 heteroatoms. The Labute approximate surface area is 103 Å². The van der Waals surface area contributed by atoms with Crippen LogP contribution in [0.3, 0.4) is 0 Å². The first-order valence-corrected chi connectivity index (χ1v) is 6.86. The third-order valence-corrected chi connectivity index (χ3v) is 4.93. The second-order valence-electron chi connectivity index (χ2n) is 4.25. The number of carboxylic acids is 1. The lowest BCUT2D eigenvalue weighted by atomic mass is 9.95. The van der Waals surface area contributed by atoms with Gasteiger partial charge in [0.15, 0.2) is 0 Å². The van der Waals surface area contributed by atoms with Gasteiger partial charge >= 0.3 is 5.97 Å². The molecule has 1 aromatic rings. The number of carboxylic acid groups (broad SMARTS) is 1. The molecule has 0 aromatic carbocycles. The number of hydrogen-bond donors (Lipinski definition) is 2. The van der Waals surface area contributed by atoms with Crippen LogP contribution >= 0.6 is 23.1 Å². The van der Waals surface area contributed by atoms with Gasteiger partial charge in [0.05, 0.1) is 5.60 Å². The van der Waals surface area contributed by atoms with Gasteiger partial charge in [-0.3, -0.25) is 0 Å². The van der Waals surface area contributed by atoms with E-state index in [1.165, 1.54) is 23.1 Å². The number of aromatic carboxylic acids is 1. The molecule has 2 N–H and O–H groups in total. The second kappa shape index (κ2) is 5.21. The van der Waals surface area contributed by atoms with Gasteiger partial charge in [0, 0.05) is 16.0 Å². The predicted octanol–water partition coefficient (Wildman–Crippen LogP) is 2.95. The van der Waals surface area contributed by atoms with Gasteiger partial charge in [0.25, 0.3) is 0 Å². The molecule has 0 bridgehead atoms. The van der Waals surface area contributed by atoms with Gasteiger partial charge in [-0.2, -0.15) is 0 Å². The van der Waals surface area contributed by atoms with Crippen molar-refractivity contribution in [2.75, 3.05) is 5.75 Å². The Morgan fingerprint density at radius 2 is 2.25 bits per heavy atom. The Morgan fingerprint density at radius 3 is 2.69 bits per heavy atom. The predicted molar refractivity (Wildman–Crippen MR) is 67.5 cm³/mol. The Morgan fingerprint density at radius 1 is 1.62 bits per heavy atom. The van der Waals surface area contributed by atoms with Gasteiger partial charge in [0.2, 0.25) is 0 Å². The van der Waals surface area contributed by atoms with Crippen molar-refractivity contribution >= 4 is 29.1 Å². The highest BCUT2D eigenvalue weighted by molar-refractivity contribution is 7.99. The van der Waals surface area contributed by atoms with Crippen LogP contribution in [-0.4, -0.2) is 27.5 Å². The van der Waals surface area contributed by atoms with Crippen molar-refractivity contribution in [1.82, 2.24) is 0 Å². The molecule has 1 heterocycles. The molecule has 90 valence electrons. The quantitative estimate of drug-likeness (QED) is 0.799. The lowest BCUT2D eigenvalue weighted by Crippen LogP contribution is -2.33. The Hall–Kier alpha value is -0.520. The molecular formula is C11H16O3S2. The minimum absolute atomic E-state index is 0.178. The summed E-state index contributed by atoms with van der Waals surface area (Å²) in [5, 5.41) is 20.6. The van der Waals surface area contributed by atoms with Crippen LogP contribution in [-0.2, 0) is 0 Å². The zero-order valence-corrected chi connectivity index (χ0v) is 11.2. The molecule has 0 saturated carbocycles. The minimum atomic E-state index is -0.896. The smallest absolute Gasteiger partial charge is 0.345 e. The standard InChI is InChI=1S/C11H16O3S2/c1-7(2)11(3,14)6-16-8-4-9(10(12)13)15-5-8/h4-5,7,14H,6H2,1-3H3,(H,12,13). The molecule has 1 rings (SSSR count). The van der Waals surface area contributed by atoms with E-state index in [0.717, 1.165) is 4.90 Å². The van der Waals surface area contributed by atoms with Gasteiger partial charge < -0.3 is 10.2 Å². The molecular weight excluding hydrogens is 244 g/mol. The minimum Gasteiger partial charge on any atom is -0.477 e. The fourth-order valence-electron chi connectivity index (χ4n) is 0.903. The first-order chi connectivity index (χ1) is 7.33. The van der Waals surface area contributed by atoms with Crippen molar-refractivity contribution < 1.29 is 15.0 Å². The number of carbonyl (C=O) groups is 1. The van der Waals surface area contributed by atoms with Crippen molar-refractivity contribution in [3.05, 3.63) is 16.3 Å². The molecule has 3 nitrogen and oxygen atoms in total. The third-order valence-electron chi connectivity index (χ3n) is 2.56. The van der Waals surface area contributed by atoms with Gasteiger partial charge in [-0.1, -0.05) is 13.8 Å². The highest BCUT2D eigenvalue weighted by Crippen LogP contribution is 2.30. The zero-order valence-electron chi connectivity index (χ0n) is 9.56. The maximum Gasteiger partial charge on any atom is 0.345 e. The van der Waals surface area contributed by atoms with Crippen LogP contribution in [0.4, 0.5) is 0 Å². The average molecular weight is 260 g/mol. The van der Waals surface area contributed by atoms with E-state index in [9.17, 15) is 9.90 Å². The van der Waals surface area contributed by atoms with Crippen molar-refractivity contribution in [2.24, 2.45) is 5.92 Å². The van der Waals surface area contributed by atoms with Gasteiger partial charge in [-0.25, -0.2) is 4.79 Å². The van der Waals surface area contributed by atoms with E-state index >= 15 is 0 Å². The average Bonchev–Trinajstić information content (AvgIpc) is 2.63. The van der Waals surface area contributed by atoms with Crippen LogP contribution in [0.2, 0.25) is 0 Å². The maximum atomic E-state index is 10.7. The molecule has 0 saturated heterocycles. The van der Waals surface area contributed by atoms with Crippen LogP contribution in [0.1, 0.15) is 30.4 Å². The number of thioether (sulfide) groups is 1. The van der Waals surface area contributed by atoms with Crippen molar-refractivity contribution in [3.8, 4) is 0 Å². The van der Waals surface area contributed by atoms with Crippen molar-refractivity contribution in [1.29, 1.82) is 0 Å². The molecule has 0 aliphatic heterocycles. The summed E-state index contributed by atoms with van der Waals surface area (Å²) in [5.41, 5.74) is -0.726. The topological polar surface area (TPSA) is 57.5 Å². The summed E-state index contributed by atoms with van der Waals surface area (Å²) in [5.74, 6) is -0.148. The molecule has 0 spiro atoms. The lowest BCUT2D eigenvalue weighted by Gasteiger charge is -2.26. The first-order valence-electron chi connectivity index (χ1n) is 5.00. The summed E-state index contributed by atoms with van der Waals surface area (Å²) in [6.07, 6.45) is 0. The molecule has 1 unspecified atom stereocenters. The van der Waals surface area contributed by atoms with Gasteiger partial charge in [-0.05, 0) is 18.9 Å². The maximum absolute atomic E-state index is 10.7. The molecule has 0 amide bonds. The SMILES string of the molecule is CC(C)C(C)(O)CSc1csc(C(=O)O)c1. The van der Waals surface area contributed by atoms with E-state index in [0.29, 0.717) is 10.6 Å². The molecule has 0 aliphatic rings. The molecule has 1 atom stereocenters. The summed E-state index contributed by atoms with van der Waals surface area (Å²) >= 11 is 2.71. The summed E-state index contributed by atoms with van der Waals surface area (Å²) in [4.78, 5) is 11.9. The normalized spacial score (nSPS) is 15.1. The highest BCUT2D eigenvalue weighted by Gasteiger charge is 2.25. The molecule has 0 radical (unpaired) electrons. The fraction of sp³-hybridized carbons (Fsp3) is 0.545. The molecule has 1 aromatic heterocycles. The monoisotopic (exact) mass is 260 g/mol. The van der Waals surface area contributed by atoms with Gasteiger partial charge in [-0.15, -0.1) is 23.1 Å². The number of thiophene rings is 1. The van der Waals surface area contributed by atoms with Crippen LogP contribution in [0, 0.1) is 5.92 Å². The van der Waals surface area contributed by atoms with E-state index in [-0.39, 0.29) is 5.92 Å². The van der Waals surface area contributed by atoms with E-state index < -0.39 is 11.6 Å². The Bertz CT molecular complexity index is 369. The second-order valence-corrected chi connectivity index (χ2v) is 6.21. The largest absolute Gasteiger partial charge is 0.477 e. The molecule has 0 aliphatic carbocycles. The number of rotatable bonds is 5. The third kappa shape index (κ3) is 3.50. The van der Waals surface area contributed by atoms with Crippen molar-refractivity contribution in [2.45, 2.75) is 31.3 Å². The van der Waals surface area contributed by atoms with Crippen LogP contribution < -0.4 is 0 Å². The van der Waals surface area contributed by atoms with Crippen molar-refractivity contribution in [3.63, 3.8) is 0 Å². The molecule has 16 heavy (non-hydrogen) atoms. The number of aliphatic hydroxyl groups is 1. The Balaban J connectivity index is 2.58. The highest BCUT2D eigenvalue weighted by atomic mass is 32.2. The van der Waals surface area contributed by atoms with E-state index in [4.69, 9.17) is 5.11 Å². The van der Waals surface area contributed by atoms with E-state index in [1.807, 2.05) is 19.2 Å². The fourth-order valence-corrected chi connectivity index (χ4v) is 2.99. The van der Waals surface area contributed by atoms with Crippen LogP contribution in [0.15, 0.2) is 16.3 Å². The zero-order chi connectivity index (χ0) is 12.3. The van der Waals surface area contributed by atoms with Gasteiger partial charge in [0.1, 0.15) is 4.88 Å². The van der Waals surface area contributed by atoms with E-state index in [1.54, 1.807) is 13.0 Å². The summed E-state index contributed by atoms with van der Waals surface area (Å²) in [6.45, 7) is 5.74. The number of hydrogen-bond acceptors (Lipinski definition) is 4. The first kappa shape index (κ1) is 13.5.